The van der Waals surface area contributed by atoms with E-state index in [-0.39, 0.29) is 0 Å². The Labute approximate surface area is 182 Å². The van der Waals surface area contributed by atoms with Crippen LogP contribution in [0.5, 0.6) is 0 Å². The first-order valence-electron chi connectivity index (χ1n) is 9.91. The highest BCUT2D eigenvalue weighted by Crippen LogP contribution is 2.30. The molecule has 1 aromatic carbocycles. The molecular weight excluding hydrogens is 418 g/mol. The average Bonchev–Trinajstić information content (AvgIpc) is 3.37. The van der Waals surface area contributed by atoms with Gasteiger partial charge >= 0.3 is 0 Å². The van der Waals surface area contributed by atoms with E-state index in [0.717, 1.165) is 52.5 Å². The standard InChI is InChI=1S/C22H20ClN5OS/c23-18-2-1-7-24-22(18)14-3-4-19-17(10-14)20(27-26-19)11-21-25-12-16(30-21)13-28-8-5-15(29)6-9-28/h1-4,7,10,12H,5-6,8-9,11,13H2,(H,26,27). The predicted octanol–water partition coefficient (Wildman–Crippen LogP) is 4.49. The van der Waals surface area contributed by atoms with E-state index >= 15 is 0 Å². The number of ketones is 1. The van der Waals surface area contributed by atoms with Gasteiger partial charge in [0.1, 0.15) is 5.78 Å². The number of carbonyl (C=O) groups is 1. The molecule has 8 heteroatoms. The van der Waals surface area contributed by atoms with Crippen LogP contribution in [0.15, 0.2) is 42.7 Å². The van der Waals surface area contributed by atoms with E-state index in [0.29, 0.717) is 30.1 Å². The van der Waals surface area contributed by atoms with Gasteiger partial charge in [0.05, 0.1) is 21.2 Å². The van der Waals surface area contributed by atoms with Crippen molar-refractivity contribution in [1.82, 2.24) is 25.1 Å². The summed E-state index contributed by atoms with van der Waals surface area (Å²) in [5, 5.41) is 10.3. The zero-order valence-electron chi connectivity index (χ0n) is 16.3. The summed E-state index contributed by atoms with van der Waals surface area (Å²) < 4.78 is 0. The topological polar surface area (TPSA) is 74.8 Å². The second-order valence-corrected chi connectivity index (χ2v) is 9.09. The van der Waals surface area contributed by atoms with Crippen LogP contribution in [-0.4, -0.2) is 43.9 Å². The number of nitrogens with one attached hydrogen (secondary N) is 1. The third-order valence-corrected chi connectivity index (χ3v) is 6.67. The lowest BCUT2D eigenvalue weighted by Gasteiger charge is -2.24. The summed E-state index contributed by atoms with van der Waals surface area (Å²) in [7, 11) is 0. The zero-order valence-corrected chi connectivity index (χ0v) is 17.8. The SMILES string of the molecule is O=C1CCN(Cc2cnc(Cc3[nH]nc4ccc(-c5ncccc5Cl)cc34)s2)CC1. The number of hydrogen-bond donors (Lipinski definition) is 1. The summed E-state index contributed by atoms with van der Waals surface area (Å²) in [4.78, 5) is 24.0. The number of piperidine rings is 1. The average molecular weight is 438 g/mol. The fourth-order valence-electron chi connectivity index (χ4n) is 3.78. The van der Waals surface area contributed by atoms with Gasteiger partial charge in [-0.2, -0.15) is 5.10 Å². The second kappa shape index (κ2) is 8.26. The molecule has 0 atom stereocenters. The van der Waals surface area contributed by atoms with E-state index in [9.17, 15) is 4.79 Å². The molecule has 1 N–H and O–H groups in total. The van der Waals surface area contributed by atoms with E-state index in [1.54, 1.807) is 17.5 Å². The number of benzene rings is 1. The minimum Gasteiger partial charge on any atom is -0.300 e. The van der Waals surface area contributed by atoms with Gasteiger partial charge in [-0.1, -0.05) is 17.7 Å². The van der Waals surface area contributed by atoms with Gasteiger partial charge in [-0.3, -0.25) is 19.8 Å². The Morgan fingerprint density at radius 2 is 2.03 bits per heavy atom. The number of fused-ring (bicyclic) bond motifs is 1. The van der Waals surface area contributed by atoms with E-state index < -0.39 is 0 Å². The van der Waals surface area contributed by atoms with Crippen molar-refractivity contribution >= 4 is 39.6 Å². The highest BCUT2D eigenvalue weighted by molar-refractivity contribution is 7.11. The van der Waals surface area contributed by atoms with Gasteiger partial charge in [0.25, 0.3) is 0 Å². The number of likely N-dealkylation sites (tertiary alicyclic amines) is 1. The number of aromatic amines is 1. The number of hydrogen-bond acceptors (Lipinski definition) is 6. The smallest absolute Gasteiger partial charge is 0.135 e. The van der Waals surface area contributed by atoms with Crippen LogP contribution in [0.3, 0.4) is 0 Å². The summed E-state index contributed by atoms with van der Waals surface area (Å²) in [6.45, 7) is 2.54. The number of nitrogens with zero attached hydrogens (tertiary/aromatic N) is 4. The highest BCUT2D eigenvalue weighted by Gasteiger charge is 2.17. The second-order valence-electron chi connectivity index (χ2n) is 7.48. The van der Waals surface area contributed by atoms with Gasteiger partial charge in [0.2, 0.25) is 0 Å². The zero-order chi connectivity index (χ0) is 20.5. The van der Waals surface area contributed by atoms with Gasteiger partial charge in [-0.05, 0) is 24.3 Å². The van der Waals surface area contributed by atoms with Gasteiger partial charge < -0.3 is 0 Å². The van der Waals surface area contributed by atoms with Crippen LogP contribution in [-0.2, 0) is 17.8 Å². The Hall–Kier alpha value is -2.61. The van der Waals surface area contributed by atoms with E-state index in [4.69, 9.17) is 11.6 Å². The number of Topliss-reactive ketones (excluding diaryl/α,β-unsaturated/α-hetero) is 1. The first-order valence-corrected chi connectivity index (χ1v) is 11.1. The number of H-pyrrole nitrogens is 1. The molecule has 0 unspecified atom stereocenters. The summed E-state index contributed by atoms with van der Waals surface area (Å²) in [5.41, 5.74) is 3.68. The molecule has 0 saturated carbocycles. The summed E-state index contributed by atoms with van der Waals surface area (Å²) in [6.07, 6.45) is 5.72. The molecule has 6 nitrogen and oxygen atoms in total. The number of rotatable bonds is 5. The normalized spacial score (nSPS) is 15.2. The molecule has 0 radical (unpaired) electrons. The van der Waals surface area contributed by atoms with E-state index in [2.05, 4.69) is 31.1 Å². The molecule has 4 heterocycles. The first-order chi connectivity index (χ1) is 14.7. The third-order valence-electron chi connectivity index (χ3n) is 5.39. The number of halogens is 1. The fraction of sp³-hybridized carbons (Fsp3) is 0.273. The molecule has 3 aromatic heterocycles. The molecule has 0 amide bonds. The van der Waals surface area contributed by atoms with Gasteiger partial charge in [0.15, 0.2) is 0 Å². The van der Waals surface area contributed by atoms with Crippen LogP contribution >= 0.6 is 22.9 Å². The van der Waals surface area contributed by atoms with Crippen molar-refractivity contribution in [2.45, 2.75) is 25.8 Å². The summed E-state index contributed by atoms with van der Waals surface area (Å²) in [5.74, 6) is 0.369. The molecule has 152 valence electrons. The molecule has 0 spiro atoms. The lowest BCUT2D eigenvalue weighted by Crippen LogP contribution is -2.32. The summed E-state index contributed by atoms with van der Waals surface area (Å²) in [6, 6.07) is 9.74. The van der Waals surface area contributed by atoms with Gasteiger partial charge in [0, 0.05) is 72.8 Å². The number of carbonyl (C=O) groups excluding carboxylic acids is 1. The van der Waals surface area contributed by atoms with Gasteiger partial charge in [-0.15, -0.1) is 11.3 Å². The van der Waals surface area contributed by atoms with Crippen molar-refractivity contribution < 1.29 is 4.79 Å². The maximum atomic E-state index is 11.4. The van der Waals surface area contributed by atoms with Crippen molar-refractivity contribution in [3.8, 4) is 11.3 Å². The Balaban J connectivity index is 1.36. The monoisotopic (exact) mass is 437 g/mol. The van der Waals surface area contributed by atoms with Crippen LogP contribution in [0.1, 0.15) is 28.4 Å². The van der Waals surface area contributed by atoms with E-state index in [1.165, 1.54) is 4.88 Å². The Morgan fingerprint density at radius 1 is 1.17 bits per heavy atom. The largest absolute Gasteiger partial charge is 0.300 e. The molecule has 1 fully saturated rings. The van der Waals surface area contributed by atoms with Crippen molar-refractivity contribution in [3.63, 3.8) is 0 Å². The third kappa shape index (κ3) is 4.01. The number of thiazole rings is 1. The molecule has 5 rings (SSSR count). The van der Waals surface area contributed by atoms with Crippen molar-refractivity contribution in [2.75, 3.05) is 13.1 Å². The van der Waals surface area contributed by atoms with Crippen LogP contribution in [0.25, 0.3) is 22.2 Å². The van der Waals surface area contributed by atoms with Gasteiger partial charge in [-0.25, -0.2) is 4.98 Å². The first kappa shape index (κ1) is 19.4. The molecule has 1 saturated heterocycles. The Bertz CT molecular complexity index is 1210. The van der Waals surface area contributed by atoms with Crippen LogP contribution in [0, 0.1) is 0 Å². The van der Waals surface area contributed by atoms with Crippen molar-refractivity contribution in [2.24, 2.45) is 0 Å². The summed E-state index contributed by atoms with van der Waals surface area (Å²) >= 11 is 8.05. The lowest BCUT2D eigenvalue weighted by molar-refractivity contribution is -0.121. The molecular formula is C22H20ClN5OS. The molecule has 30 heavy (non-hydrogen) atoms. The van der Waals surface area contributed by atoms with E-state index in [1.807, 2.05) is 30.5 Å². The molecule has 1 aliphatic heterocycles. The minimum atomic E-state index is 0.369. The Kier molecular flexibility index (Phi) is 5.33. The Morgan fingerprint density at radius 3 is 2.87 bits per heavy atom. The van der Waals surface area contributed by atoms with Crippen LogP contribution in [0.4, 0.5) is 0 Å². The number of aromatic nitrogens is 4. The van der Waals surface area contributed by atoms with Crippen LogP contribution in [0.2, 0.25) is 5.02 Å². The minimum absolute atomic E-state index is 0.369. The van der Waals surface area contributed by atoms with Crippen molar-refractivity contribution in [3.05, 3.63) is 63.3 Å². The maximum Gasteiger partial charge on any atom is 0.135 e. The van der Waals surface area contributed by atoms with Crippen LogP contribution < -0.4 is 0 Å². The fourth-order valence-corrected chi connectivity index (χ4v) is 4.99. The highest BCUT2D eigenvalue weighted by atomic mass is 35.5. The quantitative estimate of drug-likeness (QED) is 0.498. The predicted molar refractivity (Wildman–Crippen MR) is 119 cm³/mol. The number of pyridine rings is 1. The molecule has 4 aromatic rings. The van der Waals surface area contributed by atoms with Crippen molar-refractivity contribution in [1.29, 1.82) is 0 Å². The molecule has 0 aliphatic carbocycles. The lowest BCUT2D eigenvalue weighted by atomic mass is 10.1. The maximum absolute atomic E-state index is 11.4. The molecule has 0 bridgehead atoms. The molecule has 1 aliphatic rings.